The number of ether oxygens (including phenoxy) is 2. The third kappa shape index (κ3) is 2.30. The van der Waals surface area contributed by atoms with Gasteiger partial charge in [-0.25, -0.2) is 0 Å². The number of rotatable bonds is 4. The van der Waals surface area contributed by atoms with Crippen LogP contribution in [-0.2, 0) is 4.74 Å². The second-order valence-corrected chi connectivity index (χ2v) is 3.69. The molecule has 0 amide bonds. The Balaban J connectivity index is 1.93. The summed E-state index contributed by atoms with van der Waals surface area (Å²) >= 11 is 0. The molecule has 0 spiro atoms. The lowest BCUT2D eigenvalue weighted by Gasteiger charge is -2.40. The standard InChI is InChI=1S/C12H16O3/c1-2-14-11-8-10(13)12(11)15-9-6-4-3-5-7-9/h3-7,10-13H,2,8H2,1H3/t10-,11-,12+/m1/s1. The van der Waals surface area contributed by atoms with Crippen LogP contribution in [0.5, 0.6) is 5.75 Å². The molecule has 0 saturated heterocycles. The largest absolute Gasteiger partial charge is 0.485 e. The summed E-state index contributed by atoms with van der Waals surface area (Å²) in [6, 6.07) is 9.53. The van der Waals surface area contributed by atoms with Gasteiger partial charge in [0, 0.05) is 13.0 Å². The van der Waals surface area contributed by atoms with E-state index < -0.39 is 6.10 Å². The van der Waals surface area contributed by atoms with E-state index in [0.29, 0.717) is 13.0 Å². The first kappa shape index (κ1) is 10.5. The molecule has 0 bridgehead atoms. The number of benzene rings is 1. The molecule has 0 heterocycles. The van der Waals surface area contributed by atoms with Gasteiger partial charge in [0.05, 0.1) is 12.2 Å². The zero-order valence-electron chi connectivity index (χ0n) is 8.80. The SMILES string of the molecule is CCO[C@@H]1C[C@@H](O)[C@@H]1Oc1ccccc1. The smallest absolute Gasteiger partial charge is 0.151 e. The normalized spacial score (nSPS) is 29.6. The monoisotopic (exact) mass is 208 g/mol. The highest BCUT2D eigenvalue weighted by Gasteiger charge is 2.42. The predicted octanol–water partition coefficient (Wildman–Crippen LogP) is 1.60. The van der Waals surface area contributed by atoms with E-state index in [1.165, 1.54) is 0 Å². The zero-order valence-corrected chi connectivity index (χ0v) is 8.80. The zero-order chi connectivity index (χ0) is 10.7. The van der Waals surface area contributed by atoms with Gasteiger partial charge in [-0.15, -0.1) is 0 Å². The molecule has 0 aliphatic heterocycles. The fourth-order valence-electron chi connectivity index (χ4n) is 1.75. The molecule has 3 nitrogen and oxygen atoms in total. The Labute approximate surface area is 89.6 Å². The minimum absolute atomic E-state index is 0.0326. The summed E-state index contributed by atoms with van der Waals surface area (Å²) in [5, 5.41) is 9.56. The van der Waals surface area contributed by atoms with E-state index in [0.717, 1.165) is 5.75 Å². The molecule has 1 aromatic rings. The van der Waals surface area contributed by atoms with Crippen LogP contribution >= 0.6 is 0 Å². The number of para-hydroxylation sites is 1. The maximum absolute atomic E-state index is 9.56. The lowest BCUT2D eigenvalue weighted by Crippen LogP contribution is -2.55. The summed E-state index contributed by atoms with van der Waals surface area (Å²) in [6.45, 7) is 2.61. The number of hydrogen-bond donors (Lipinski definition) is 1. The minimum atomic E-state index is -0.401. The van der Waals surface area contributed by atoms with Gasteiger partial charge in [0.1, 0.15) is 5.75 Å². The van der Waals surface area contributed by atoms with Crippen LogP contribution in [0.4, 0.5) is 0 Å². The molecule has 1 N–H and O–H groups in total. The maximum Gasteiger partial charge on any atom is 0.151 e. The van der Waals surface area contributed by atoms with E-state index in [-0.39, 0.29) is 12.2 Å². The Hall–Kier alpha value is -1.06. The van der Waals surface area contributed by atoms with E-state index in [1.807, 2.05) is 37.3 Å². The highest BCUT2D eigenvalue weighted by molar-refractivity contribution is 5.22. The molecule has 1 aromatic carbocycles. The third-order valence-electron chi connectivity index (χ3n) is 2.62. The van der Waals surface area contributed by atoms with Crippen molar-refractivity contribution in [3.05, 3.63) is 30.3 Å². The van der Waals surface area contributed by atoms with E-state index >= 15 is 0 Å². The van der Waals surface area contributed by atoms with Gasteiger partial charge in [0.2, 0.25) is 0 Å². The van der Waals surface area contributed by atoms with Crippen molar-refractivity contribution in [2.24, 2.45) is 0 Å². The molecule has 15 heavy (non-hydrogen) atoms. The maximum atomic E-state index is 9.56. The number of aliphatic hydroxyl groups is 1. The van der Waals surface area contributed by atoms with Crippen molar-refractivity contribution < 1.29 is 14.6 Å². The Morgan fingerprint density at radius 2 is 2.07 bits per heavy atom. The molecule has 1 saturated carbocycles. The van der Waals surface area contributed by atoms with Crippen molar-refractivity contribution in [3.63, 3.8) is 0 Å². The van der Waals surface area contributed by atoms with Gasteiger partial charge in [0.25, 0.3) is 0 Å². The molecule has 3 heteroatoms. The topological polar surface area (TPSA) is 38.7 Å². The summed E-state index contributed by atoms with van der Waals surface area (Å²) in [7, 11) is 0. The average Bonchev–Trinajstić information content (AvgIpc) is 2.27. The molecular formula is C12H16O3. The molecule has 3 atom stereocenters. The van der Waals surface area contributed by atoms with E-state index in [2.05, 4.69) is 0 Å². The molecule has 2 rings (SSSR count). The Morgan fingerprint density at radius 3 is 2.67 bits per heavy atom. The van der Waals surface area contributed by atoms with Crippen molar-refractivity contribution in [1.82, 2.24) is 0 Å². The molecule has 1 aliphatic carbocycles. The summed E-state index contributed by atoms with van der Waals surface area (Å²) in [5.41, 5.74) is 0. The van der Waals surface area contributed by atoms with Gasteiger partial charge in [-0.3, -0.25) is 0 Å². The first-order chi connectivity index (χ1) is 7.31. The summed E-state index contributed by atoms with van der Waals surface area (Å²) < 4.78 is 11.1. The minimum Gasteiger partial charge on any atom is -0.485 e. The first-order valence-corrected chi connectivity index (χ1v) is 5.32. The van der Waals surface area contributed by atoms with Crippen LogP contribution in [0.3, 0.4) is 0 Å². The van der Waals surface area contributed by atoms with Crippen LogP contribution in [-0.4, -0.2) is 30.0 Å². The fraction of sp³-hybridized carbons (Fsp3) is 0.500. The van der Waals surface area contributed by atoms with Crippen molar-refractivity contribution in [3.8, 4) is 5.75 Å². The van der Waals surface area contributed by atoms with E-state index in [4.69, 9.17) is 9.47 Å². The van der Waals surface area contributed by atoms with E-state index in [1.54, 1.807) is 0 Å². The van der Waals surface area contributed by atoms with Crippen LogP contribution in [0.1, 0.15) is 13.3 Å². The number of aliphatic hydroxyl groups excluding tert-OH is 1. The molecule has 0 unspecified atom stereocenters. The van der Waals surface area contributed by atoms with Crippen LogP contribution in [0, 0.1) is 0 Å². The van der Waals surface area contributed by atoms with Crippen molar-refractivity contribution in [1.29, 1.82) is 0 Å². The van der Waals surface area contributed by atoms with Gasteiger partial charge in [-0.1, -0.05) is 18.2 Å². The van der Waals surface area contributed by atoms with Crippen LogP contribution in [0.2, 0.25) is 0 Å². The lowest BCUT2D eigenvalue weighted by molar-refractivity contribution is -0.154. The molecular weight excluding hydrogens is 192 g/mol. The third-order valence-corrected chi connectivity index (χ3v) is 2.62. The second kappa shape index (κ2) is 4.64. The van der Waals surface area contributed by atoms with Gasteiger partial charge in [-0.2, -0.15) is 0 Å². The van der Waals surface area contributed by atoms with Crippen LogP contribution in [0.15, 0.2) is 30.3 Å². The highest BCUT2D eigenvalue weighted by Crippen LogP contribution is 2.28. The van der Waals surface area contributed by atoms with Crippen molar-refractivity contribution >= 4 is 0 Å². The average molecular weight is 208 g/mol. The van der Waals surface area contributed by atoms with Gasteiger partial charge < -0.3 is 14.6 Å². The lowest BCUT2D eigenvalue weighted by atomic mass is 9.88. The molecule has 1 aliphatic rings. The first-order valence-electron chi connectivity index (χ1n) is 5.32. The van der Waals surface area contributed by atoms with Crippen molar-refractivity contribution in [2.45, 2.75) is 31.7 Å². The Bertz CT molecular complexity index is 297. The second-order valence-electron chi connectivity index (χ2n) is 3.69. The molecule has 0 radical (unpaired) electrons. The van der Waals surface area contributed by atoms with Gasteiger partial charge in [0.15, 0.2) is 6.10 Å². The quantitative estimate of drug-likeness (QED) is 0.817. The summed E-state index contributed by atoms with van der Waals surface area (Å²) in [4.78, 5) is 0. The van der Waals surface area contributed by atoms with Crippen LogP contribution in [0.25, 0.3) is 0 Å². The molecule has 82 valence electrons. The number of hydrogen-bond acceptors (Lipinski definition) is 3. The van der Waals surface area contributed by atoms with Gasteiger partial charge >= 0.3 is 0 Å². The van der Waals surface area contributed by atoms with E-state index in [9.17, 15) is 5.11 Å². The van der Waals surface area contributed by atoms with Crippen molar-refractivity contribution in [2.75, 3.05) is 6.61 Å². The fourth-order valence-corrected chi connectivity index (χ4v) is 1.75. The predicted molar refractivity (Wildman–Crippen MR) is 56.9 cm³/mol. The van der Waals surface area contributed by atoms with Crippen LogP contribution < -0.4 is 4.74 Å². The highest BCUT2D eigenvalue weighted by atomic mass is 16.6. The molecule has 0 aromatic heterocycles. The Kier molecular flexibility index (Phi) is 3.23. The summed E-state index contributed by atoms with van der Waals surface area (Å²) in [5.74, 6) is 0.783. The molecule has 1 fully saturated rings. The Morgan fingerprint density at radius 1 is 1.33 bits per heavy atom. The van der Waals surface area contributed by atoms with Gasteiger partial charge in [-0.05, 0) is 19.1 Å². The summed E-state index contributed by atoms with van der Waals surface area (Å²) in [6.07, 6.45) is 0.0880.